The number of nitrogens with one attached hydrogen (secondary N) is 2. The van der Waals surface area contributed by atoms with Crippen LogP contribution in [0.3, 0.4) is 0 Å². The average molecular weight is 402 g/mol. The second-order valence-corrected chi connectivity index (χ2v) is 7.88. The van der Waals surface area contributed by atoms with Gasteiger partial charge in [0.1, 0.15) is 5.75 Å². The molecule has 0 radical (unpaired) electrons. The molecule has 1 saturated carbocycles. The molecule has 0 saturated heterocycles. The zero-order valence-corrected chi connectivity index (χ0v) is 17.3. The summed E-state index contributed by atoms with van der Waals surface area (Å²) in [5.74, 6) is 0.761. The lowest BCUT2D eigenvalue weighted by atomic mass is 9.97. The average Bonchev–Trinajstić information content (AvgIpc) is 3.62. The van der Waals surface area contributed by atoms with Crippen molar-refractivity contribution in [3.63, 3.8) is 0 Å². The number of carbonyl (C=O) groups excluding carboxylic acids is 2. The molecule has 0 spiro atoms. The van der Waals surface area contributed by atoms with Crippen LogP contribution in [-0.2, 0) is 16.1 Å². The van der Waals surface area contributed by atoms with E-state index < -0.39 is 0 Å². The molecule has 30 heavy (non-hydrogen) atoms. The van der Waals surface area contributed by atoms with E-state index in [-0.39, 0.29) is 23.7 Å². The molecule has 2 N–H and O–H groups in total. The molecule has 3 aromatic carbocycles. The summed E-state index contributed by atoms with van der Waals surface area (Å²) in [6.07, 6.45) is 1.95. The molecule has 1 aliphatic rings. The Hall–Kier alpha value is -3.34. The van der Waals surface area contributed by atoms with Crippen LogP contribution in [0.1, 0.15) is 36.8 Å². The Balaban J connectivity index is 1.38. The minimum atomic E-state index is -0.269. The number of carbonyl (C=O) groups is 2. The van der Waals surface area contributed by atoms with Crippen molar-refractivity contribution in [2.75, 3.05) is 12.4 Å². The predicted octanol–water partition coefficient (Wildman–Crippen LogP) is 4.62. The third-order valence-corrected chi connectivity index (χ3v) is 5.57. The Labute approximate surface area is 176 Å². The molecule has 0 bridgehead atoms. The minimum Gasteiger partial charge on any atom is -0.497 e. The van der Waals surface area contributed by atoms with Gasteiger partial charge in [-0.15, -0.1) is 0 Å². The van der Waals surface area contributed by atoms with Crippen LogP contribution in [0, 0.1) is 5.92 Å². The normalized spacial score (nSPS) is 14.2. The molecule has 3 aromatic rings. The van der Waals surface area contributed by atoms with Gasteiger partial charge in [-0.25, -0.2) is 0 Å². The molecular formula is C25H26N2O3. The number of hydrogen-bond donors (Lipinski definition) is 2. The highest BCUT2D eigenvalue weighted by Gasteiger charge is 2.29. The topological polar surface area (TPSA) is 67.4 Å². The molecule has 1 atom stereocenters. The van der Waals surface area contributed by atoms with Crippen molar-refractivity contribution >= 4 is 28.3 Å². The maximum atomic E-state index is 12.7. The summed E-state index contributed by atoms with van der Waals surface area (Å²) >= 11 is 0. The first-order valence-corrected chi connectivity index (χ1v) is 10.3. The number of hydrogen-bond acceptors (Lipinski definition) is 3. The zero-order chi connectivity index (χ0) is 21.1. The predicted molar refractivity (Wildman–Crippen MR) is 119 cm³/mol. The van der Waals surface area contributed by atoms with E-state index in [2.05, 4.69) is 10.6 Å². The van der Waals surface area contributed by atoms with E-state index in [0.717, 1.165) is 46.2 Å². The number of anilines is 1. The number of rotatable bonds is 7. The summed E-state index contributed by atoms with van der Waals surface area (Å²) in [7, 11) is 1.65. The highest BCUT2D eigenvalue weighted by atomic mass is 16.5. The first kappa shape index (κ1) is 20.0. The van der Waals surface area contributed by atoms with Gasteiger partial charge in [-0.2, -0.15) is 0 Å². The fourth-order valence-corrected chi connectivity index (χ4v) is 3.48. The van der Waals surface area contributed by atoms with Crippen molar-refractivity contribution in [3.8, 4) is 5.75 Å². The van der Waals surface area contributed by atoms with Crippen molar-refractivity contribution in [3.05, 3.63) is 71.8 Å². The molecule has 0 heterocycles. The van der Waals surface area contributed by atoms with Gasteiger partial charge in [0, 0.05) is 18.2 Å². The highest BCUT2D eigenvalue weighted by molar-refractivity contribution is 5.94. The van der Waals surface area contributed by atoms with Crippen LogP contribution in [0.4, 0.5) is 5.69 Å². The van der Waals surface area contributed by atoms with Crippen molar-refractivity contribution in [2.45, 2.75) is 32.2 Å². The van der Waals surface area contributed by atoms with Gasteiger partial charge >= 0.3 is 0 Å². The Kier molecular flexibility index (Phi) is 5.70. The Morgan fingerprint density at radius 2 is 1.80 bits per heavy atom. The van der Waals surface area contributed by atoms with Crippen LogP contribution < -0.4 is 15.4 Å². The quantitative estimate of drug-likeness (QED) is 0.606. The molecule has 0 aliphatic heterocycles. The summed E-state index contributed by atoms with van der Waals surface area (Å²) in [4.78, 5) is 24.7. The van der Waals surface area contributed by atoms with Gasteiger partial charge in [-0.1, -0.05) is 36.4 Å². The largest absolute Gasteiger partial charge is 0.497 e. The molecular weight excluding hydrogens is 376 g/mol. The summed E-state index contributed by atoms with van der Waals surface area (Å²) < 4.78 is 5.27. The van der Waals surface area contributed by atoms with Crippen molar-refractivity contribution < 1.29 is 14.3 Å². The second-order valence-electron chi connectivity index (χ2n) is 7.88. The van der Waals surface area contributed by atoms with E-state index in [9.17, 15) is 9.59 Å². The SMILES string of the molecule is COc1ccc2cc([C@H](C)C(=O)NCc3cccc(NC(=O)C4CC4)c3)ccc2c1. The molecule has 5 nitrogen and oxygen atoms in total. The van der Waals surface area contributed by atoms with Crippen LogP contribution in [0.5, 0.6) is 5.75 Å². The molecule has 0 unspecified atom stereocenters. The number of ether oxygens (including phenoxy) is 1. The highest BCUT2D eigenvalue weighted by Crippen LogP contribution is 2.30. The third kappa shape index (κ3) is 4.62. The molecule has 0 aromatic heterocycles. The summed E-state index contributed by atoms with van der Waals surface area (Å²) in [5.41, 5.74) is 2.70. The zero-order valence-electron chi connectivity index (χ0n) is 17.3. The van der Waals surface area contributed by atoms with E-state index in [4.69, 9.17) is 4.74 Å². The molecule has 4 rings (SSSR count). The van der Waals surface area contributed by atoms with Gasteiger partial charge < -0.3 is 15.4 Å². The van der Waals surface area contributed by atoms with Crippen molar-refractivity contribution in [2.24, 2.45) is 5.92 Å². The molecule has 5 heteroatoms. The van der Waals surface area contributed by atoms with Gasteiger partial charge in [0.05, 0.1) is 13.0 Å². The number of benzene rings is 3. The number of fused-ring (bicyclic) bond motifs is 1. The van der Waals surface area contributed by atoms with E-state index >= 15 is 0 Å². The summed E-state index contributed by atoms with van der Waals surface area (Å²) in [6.45, 7) is 2.33. The Bertz CT molecular complexity index is 1090. The number of methoxy groups -OCH3 is 1. The van der Waals surface area contributed by atoms with Crippen molar-refractivity contribution in [1.82, 2.24) is 5.32 Å². The van der Waals surface area contributed by atoms with Crippen LogP contribution in [0.25, 0.3) is 10.8 Å². The molecule has 1 aliphatic carbocycles. The lowest BCUT2D eigenvalue weighted by molar-refractivity contribution is -0.122. The standard InChI is InChI=1S/C25H26N2O3/c1-16(19-8-9-21-14-23(30-2)11-10-20(21)13-19)24(28)26-15-17-4-3-5-22(12-17)27-25(29)18-6-7-18/h3-5,8-14,16,18H,6-7,15H2,1-2H3,(H,26,28)(H,27,29)/t16-/m0/s1. The summed E-state index contributed by atoms with van der Waals surface area (Å²) in [5, 5.41) is 8.11. The fourth-order valence-electron chi connectivity index (χ4n) is 3.48. The van der Waals surface area contributed by atoms with Crippen LogP contribution in [0.2, 0.25) is 0 Å². The van der Waals surface area contributed by atoms with Crippen LogP contribution in [0.15, 0.2) is 60.7 Å². The fraction of sp³-hybridized carbons (Fsp3) is 0.280. The van der Waals surface area contributed by atoms with E-state index in [0.29, 0.717) is 6.54 Å². The molecule has 154 valence electrons. The van der Waals surface area contributed by atoms with E-state index in [1.54, 1.807) is 7.11 Å². The van der Waals surface area contributed by atoms with Gasteiger partial charge in [0.25, 0.3) is 0 Å². The minimum absolute atomic E-state index is 0.0321. The lowest BCUT2D eigenvalue weighted by Crippen LogP contribution is -2.27. The van der Waals surface area contributed by atoms with Crippen LogP contribution >= 0.6 is 0 Å². The monoisotopic (exact) mass is 402 g/mol. The molecule has 1 fully saturated rings. The maximum Gasteiger partial charge on any atom is 0.227 e. The first-order valence-electron chi connectivity index (χ1n) is 10.3. The number of amides is 2. The van der Waals surface area contributed by atoms with Crippen molar-refractivity contribution in [1.29, 1.82) is 0 Å². The summed E-state index contributed by atoms with van der Waals surface area (Å²) in [6, 6.07) is 19.6. The first-order chi connectivity index (χ1) is 14.5. The second kappa shape index (κ2) is 8.57. The Morgan fingerprint density at radius 3 is 2.57 bits per heavy atom. The van der Waals surface area contributed by atoms with Gasteiger partial charge in [0.15, 0.2) is 0 Å². The maximum absolute atomic E-state index is 12.7. The van der Waals surface area contributed by atoms with E-state index in [1.165, 1.54) is 0 Å². The van der Waals surface area contributed by atoms with Gasteiger partial charge in [-0.3, -0.25) is 9.59 Å². The van der Waals surface area contributed by atoms with Crippen LogP contribution in [-0.4, -0.2) is 18.9 Å². The van der Waals surface area contributed by atoms with E-state index in [1.807, 2.05) is 67.6 Å². The Morgan fingerprint density at radius 1 is 1.03 bits per heavy atom. The molecule has 2 amide bonds. The van der Waals surface area contributed by atoms with Gasteiger partial charge in [-0.05, 0) is 65.9 Å². The lowest BCUT2D eigenvalue weighted by Gasteiger charge is -2.14. The third-order valence-electron chi connectivity index (χ3n) is 5.57. The van der Waals surface area contributed by atoms with Gasteiger partial charge in [0.2, 0.25) is 11.8 Å². The smallest absolute Gasteiger partial charge is 0.227 e.